The zero-order valence-corrected chi connectivity index (χ0v) is 20.6. The SMILES string of the molecule is O=C(c1ccc(Cl)cc1)N(CCN1CCOCC1)Cc1c(-c2ccccc2)noc1N1CCCC1. The molecule has 0 aliphatic carbocycles. The second-order valence-corrected chi connectivity index (χ2v) is 9.50. The van der Waals surface area contributed by atoms with Crippen LogP contribution in [0.3, 0.4) is 0 Å². The van der Waals surface area contributed by atoms with Crippen LogP contribution < -0.4 is 4.90 Å². The van der Waals surface area contributed by atoms with Crippen molar-refractivity contribution in [2.75, 3.05) is 57.4 Å². The van der Waals surface area contributed by atoms with Gasteiger partial charge in [-0.3, -0.25) is 9.69 Å². The third kappa shape index (κ3) is 5.69. The van der Waals surface area contributed by atoms with Gasteiger partial charge in [-0.05, 0) is 37.1 Å². The molecule has 0 radical (unpaired) electrons. The van der Waals surface area contributed by atoms with Crippen LogP contribution in [-0.2, 0) is 11.3 Å². The van der Waals surface area contributed by atoms with Crippen molar-refractivity contribution < 1.29 is 14.1 Å². The van der Waals surface area contributed by atoms with E-state index in [-0.39, 0.29) is 5.91 Å². The molecule has 0 spiro atoms. The summed E-state index contributed by atoms with van der Waals surface area (Å²) in [5.74, 6) is 0.754. The number of ether oxygens (including phenoxy) is 1. The number of nitrogens with zero attached hydrogens (tertiary/aromatic N) is 4. The van der Waals surface area contributed by atoms with Crippen molar-refractivity contribution in [3.63, 3.8) is 0 Å². The Balaban J connectivity index is 1.46. The monoisotopic (exact) mass is 494 g/mol. The first-order chi connectivity index (χ1) is 17.2. The minimum absolute atomic E-state index is 0.0255. The first kappa shape index (κ1) is 23.9. The Bertz CT molecular complexity index is 1110. The van der Waals surface area contributed by atoms with Crippen molar-refractivity contribution in [1.29, 1.82) is 0 Å². The van der Waals surface area contributed by atoms with Crippen LogP contribution in [0.2, 0.25) is 5.02 Å². The van der Waals surface area contributed by atoms with E-state index < -0.39 is 0 Å². The normalized spacial score (nSPS) is 16.5. The molecular weight excluding hydrogens is 464 g/mol. The molecule has 0 unspecified atom stereocenters. The number of rotatable bonds is 8. The largest absolute Gasteiger partial charge is 0.379 e. The van der Waals surface area contributed by atoms with E-state index in [2.05, 4.69) is 15.0 Å². The van der Waals surface area contributed by atoms with Gasteiger partial charge in [-0.1, -0.05) is 47.1 Å². The maximum Gasteiger partial charge on any atom is 0.254 e. The van der Waals surface area contributed by atoms with Crippen LogP contribution in [0.4, 0.5) is 5.88 Å². The van der Waals surface area contributed by atoms with Gasteiger partial charge in [0.25, 0.3) is 5.91 Å². The summed E-state index contributed by atoms with van der Waals surface area (Å²) < 4.78 is 11.4. The summed E-state index contributed by atoms with van der Waals surface area (Å²) in [7, 11) is 0. The molecule has 3 aromatic rings. The molecule has 2 aliphatic heterocycles. The predicted octanol–water partition coefficient (Wildman–Crippen LogP) is 4.57. The summed E-state index contributed by atoms with van der Waals surface area (Å²) in [5, 5.41) is 5.09. The van der Waals surface area contributed by atoms with Gasteiger partial charge in [0.2, 0.25) is 5.88 Å². The smallest absolute Gasteiger partial charge is 0.254 e. The number of benzene rings is 2. The molecule has 0 saturated carbocycles. The van der Waals surface area contributed by atoms with Crippen molar-refractivity contribution in [3.05, 3.63) is 70.7 Å². The standard InChI is InChI=1S/C27H31ClN4O3/c28-23-10-8-22(9-11-23)26(33)32(15-14-30-16-18-34-19-17-30)20-24-25(21-6-2-1-3-7-21)29-35-27(24)31-12-4-5-13-31/h1-3,6-11H,4-5,12-20H2. The number of halogens is 1. The summed E-state index contributed by atoms with van der Waals surface area (Å²) in [5.41, 5.74) is 3.37. The Kier molecular flexibility index (Phi) is 7.66. The lowest BCUT2D eigenvalue weighted by Gasteiger charge is -2.30. The fourth-order valence-corrected chi connectivity index (χ4v) is 4.87. The van der Waals surface area contributed by atoms with Crippen LogP contribution in [0, 0.1) is 0 Å². The molecule has 35 heavy (non-hydrogen) atoms. The molecule has 1 amide bonds. The third-order valence-corrected chi connectivity index (χ3v) is 6.98. The van der Waals surface area contributed by atoms with Gasteiger partial charge in [-0.2, -0.15) is 0 Å². The highest BCUT2D eigenvalue weighted by atomic mass is 35.5. The van der Waals surface area contributed by atoms with Crippen molar-refractivity contribution in [1.82, 2.24) is 15.0 Å². The molecular formula is C27H31ClN4O3. The van der Waals surface area contributed by atoms with E-state index in [1.54, 1.807) is 24.3 Å². The Labute approximate surface area is 211 Å². The van der Waals surface area contributed by atoms with Crippen molar-refractivity contribution in [2.24, 2.45) is 0 Å². The maximum atomic E-state index is 13.7. The average Bonchev–Trinajstić information content (AvgIpc) is 3.58. The number of amides is 1. The molecule has 0 atom stereocenters. The highest BCUT2D eigenvalue weighted by Crippen LogP contribution is 2.34. The Morgan fingerprint density at radius 2 is 1.69 bits per heavy atom. The zero-order chi connectivity index (χ0) is 24.0. The number of morpholine rings is 1. The van der Waals surface area contributed by atoms with E-state index in [1.165, 1.54) is 0 Å². The molecule has 5 rings (SSSR count). The van der Waals surface area contributed by atoms with E-state index in [1.807, 2.05) is 35.2 Å². The zero-order valence-electron chi connectivity index (χ0n) is 19.9. The number of carbonyl (C=O) groups is 1. The van der Waals surface area contributed by atoms with Crippen LogP contribution in [0.5, 0.6) is 0 Å². The van der Waals surface area contributed by atoms with E-state index in [0.717, 1.165) is 81.5 Å². The maximum absolute atomic E-state index is 13.7. The van der Waals surface area contributed by atoms with E-state index in [0.29, 0.717) is 23.7 Å². The van der Waals surface area contributed by atoms with Crippen LogP contribution in [0.25, 0.3) is 11.3 Å². The number of anilines is 1. The number of aromatic nitrogens is 1. The summed E-state index contributed by atoms with van der Waals surface area (Å²) in [6, 6.07) is 17.2. The Hall–Kier alpha value is -2.87. The summed E-state index contributed by atoms with van der Waals surface area (Å²) >= 11 is 6.09. The lowest BCUT2D eigenvalue weighted by Crippen LogP contribution is -2.43. The third-order valence-electron chi connectivity index (χ3n) is 6.73. The number of carbonyl (C=O) groups excluding carboxylic acids is 1. The first-order valence-electron chi connectivity index (χ1n) is 12.3. The van der Waals surface area contributed by atoms with Crippen molar-refractivity contribution in [2.45, 2.75) is 19.4 Å². The molecule has 1 aromatic heterocycles. The Morgan fingerprint density at radius 1 is 0.971 bits per heavy atom. The molecule has 7 nitrogen and oxygen atoms in total. The van der Waals surface area contributed by atoms with Gasteiger partial charge in [0, 0.05) is 55.4 Å². The minimum Gasteiger partial charge on any atom is -0.379 e. The number of hydrogen-bond donors (Lipinski definition) is 0. The summed E-state index contributed by atoms with van der Waals surface area (Å²) in [4.78, 5) is 20.2. The molecule has 2 fully saturated rings. The average molecular weight is 495 g/mol. The summed E-state index contributed by atoms with van der Waals surface area (Å²) in [6.45, 7) is 6.90. The van der Waals surface area contributed by atoms with Gasteiger partial charge in [-0.15, -0.1) is 0 Å². The molecule has 8 heteroatoms. The summed E-state index contributed by atoms with van der Waals surface area (Å²) in [6.07, 6.45) is 2.26. The fraction of sp³-hybridized carbons (Fsp3) is 0.407. The molecule has 0 bridgehead atoms. The van der Waals surface area contributed by atoms with Crippen LogP contribution in [-0.4, -0.2) is 73.3 Å². The van der Waals surface area contributed by atoms with Gasteiger partial charge < -0.3 is 19.1 Å². The van der Waals surface area contributed by atoms with Gasteiger partial charge >= 0.3 is 0 Å². The van der Waals surface area contributed by atoms with Crippen LogP contribution >= 0.6 is 11.6 Å². The molecule has 2 saturated heterocycles. The highest BCUT2D eigenvalue weighted by molar-refractivity contribution is 6.30. The molecule has 3 heterocycles. The van der Waals surface area contributed by atoms with Crippen LogP contribution in [0.1, 0.15) is 28.8 Å². The topological polar surface area (TPSA) is 62.1 Å². The molecule has 2 aromatic carbocycles. The molecule has 2 aliphatic rings. The molecule has 0 N–H and O–H groups in total. The van der Waals surface area contributed by atoms with Gasteiger partial charge in [0.15, 0.2) is 0 Å². The van der Waals surface area contributed by atoms with E-state index in [9.17, 15) is 4.79 Å². The minimum atomic E-state index is -0.0255. The van der Waals surface area contributed by atoms with E-state index in [4.69, 9.17) is 20.9 Å². The van der Waals surface area contributed by atoms with Crippen LogP contribution in [0.15, 0.2) is 59.1 Å². The van der Waals surface area contributed by atoms with Gasteiger partial charge in [0.05, 0.1) is 25.3 Å². The second-order valence-electron chi connectivity index (χ2n) is 9.06. The quantitative estimate of drug-likeness (QED) is 0.457. The van der Waals surface area contributed by atoms with Crippen molar-refractivity contribution in [3.8, 4) is 11.3 Å². The lowest BCUT2D eigenvalue weighted by atomic mass is 10.1. The van der Waals surface area contributed by atoms with Gasteiger partial charge in [-0.25, -0.2) is 0 Å². The lowest BCUT2D eigenvalue weighted by molar-refractivity contribution is 0.0320. The first-order valence-corrected chi connectivity index (χ1v) is 12.7. The predicted molar refractivity (Wildman–Crippen MR) is 137 cm³/mol. The fourth-order valence-electron chi connectivity index (χ4n) is 4.74. The highest BCUT2D eigenvalue weighted by Gasteiger charge is 2.28. The Morgan fingerprint density at radius 3 is 2.40 bits per heavy atom. The van der Waals surface area contributed by atoms with Crippen molar-refractivity contribution >= 4 is 23.4 Å². The van der Waals surface area contributed by atoms with Gasteiger partial charge in [0.1, 0.15) is 5.69 Å². The second kappa shape index (κ2) is 11.2. The number of hydrogen-bond acceptors (Lipinski definition) is 6. The van der Waals surface area contributed by atoms with E-state index >= 15 is 0 Å². The molecule has 184 valence electrons.